The molecule has 3 rings (SSSR count). The lowest BCUT2D eigenvalue weighted by Gasteiger charge is -1.95. The SMILES string of the molecule is Fc1cccc(-c2nc3cc(F)c(F)cc3[nH]2)c1. The highest BCUT2D eigenvalue weighted by atomic mass is 19.2. The Bertz CT molecular complexity index is 695. The van der Waals surface area contributed by atoms with Gasteiger partial charge in [-0.3, -0.25) is 0 Å². The van der Waals surface area contributed by atoms with Gasteiger partial charge >= 0.3 is 0 Å². The molecule has 18 heavy (non-hydrogen) atoms. The number of hydrogen-bond donors (Lipinski definition) is 1. The summed E-state index contributed by atoms with van der Waals surface area (Å²) in [7, 11) is 0. The highest BCUT2D eigenvalue weighted by Gasteiger charge is 2.10. The van der Waals surface area contributed by atoms with Crippen LogP contribution in [0.25, 0.3) is 22.4 Å². The topological polar surface area (TPSA) is 28.7 Å². The summed E-state index contributed by atoms with van der Waals surface area (Å²) in [6.07, 6.45) is 0. The van der Waals surface area contributed by atoms with Crippen LogP contribution in [-0.2, 0) is 0 Å². The van der Waals surface area contributed by atoms with Crippen LogP contribution in [0, 0.1) is 17.5 Å². The average molecular weight is 248 g/mol. The maximum atomic E-state index is 13.1. The Hall–Kier alpha value is -2.30. The lowest BCUT2D eigenvalue weighted by atomic mass is 10.2. The van der Waals surface area contributed by atoms with Crippen molar-refractivity contribution in [3.8, 4) is 11.4 Å². The van der Waals surface area contributed by atoms with Gasteiger partial charge in [-0.15, -0.1) is 0 Å². The molecule has 0 fully saturated rings. The Morgan fingerprint density at radius 3 is 2.50 bits per heavy atom. The number of nitrogens with one attached hydrogen (secondary N) is 1. The molecule has 5 heteroatoms. The molecular weight excluding hydrogens is 241 g/mol. The van der Waals surface area contributed by atoms with Gasteiger partial charge in [0.15, 0.2) is 11.6 Å². The van der Waals surface area contributed by atoms with Crippen molar-refractivity contribution in [2.24, 2.45) is 0 Å². The fourth-order valence-corrected chi connectivity index (χ4v) is 1.78. The minimum absolute atomic E-state index is 0.299. The summed E-state index contributed by atoms with van der Waals surface area (Å²) in [5, 5.41) is 0. The Morgan fingerprint density at radius 2 is 1.72 bits per heavy atom. The number of fused-ring (bicyclic) bond motifs is 1. The van der Waals surface area contributed by atoms with Gasteiger partial charge in [-0.25, -0.2) is 18.2 Å². The predicted molar refractivity (Wildman–Crippen MR) is 61.4 cm³/mol. The third-order valence-electron chi connectivity index (χ3n) is 2.62. The highest BCUT2D eigenvalue weighted by molar-refractivity contribution is 5.79. The molecule has 1 heterocycles. The van der Waals surface area contributed by atoms with Crippen molar-refractivity contribution in [1.29, 1.82) is 0 Å². The van der Waals surface area contributed by atoms with E-state index >= 15 is 0 Å². The molecule has 3 aromatic rings. The molecule has 0 aliphatic carbocycles. The number of hydrogen-bond acceptors (Lipinski definition) is 1. The summed E-state index contributed by atoms with van der Waals surface area (Å²) < 4.78 is 39.2. The zero-order chi connectivity index (χ0) is 12.7. The van der Waals surface area contributed by atoms with E-state index in [1.165, 1.54) is 12.1 Å². The number of imidazole rings is 1. The Balaban J connectivity index is 2.19. The first-order valence-corrected chi connectivity index (χ1v) is 5.24. The van der Waals surface area contributed by atoms with Crippen molar-refractivity contribution in [3.05, 3.63) is 53.8 Å². The van der Waals surface area contributed by atoms with E-state index in [9.17, 15) is 13.2 Å². The van der Waals surface area contributed by atoms with Gasteiger partial charge in [0.2, 0.25) is 0 Å². The van der Waals surface area contributed by atoms with E-state index in [1.54, 1.807) is 12.1 Å². The second-order valence-corrected chi connectivity index (χ2v) is 3.88. The molecule has 0 radical (unpaired) electrons. The molecule has 2 aromatic carbocycles. The van der Waals surface area contributed by atoms with Crippen molar-refractivity contribution >= 4 is 11.0 Å². The van der Waals surface area contributed by atoms with Gasteiger partial charge in [-0.1, -0.05) is 12.1 Å². The summed E-state index contributed by atoms with van der Waals surface area (Å²) in [6.45, 7) is 0. The second-order valence-electron chi connectivity index (χ2n) is 3.88. The quantitative estimate of drug-likeness (QED) is 0.699. The molecule has 2 nitrogen and oxygen atoms in total. The first kappa shape index (κ1) is 10.8. The standard InChI is InChI=1S/C13H7F3N2/c14-8-3-1-2-7(4-8)13-17-11-5-9(15)10(16)6-12(11)18-13/h1-6H,(H,17,18). The van der Waals surface area contributed by atoms with Gasteiger partial charge in [0.1, 0.15) is 11.6 Å². The predicted octanol–water partition coefficient (Wildman–Crippen LogP) is 3.65. The molecule has 0 spiro atoms. The van der Waals surface area contributed by atoms with Crippen LogP contribution < -0.4 is 0 Å². The largest absolute Gasteiger partial charge is 0.338 e. The van der Waals surface area contributed by atoms with E-state index in [4.69, 9.17) is 0 Å². The molecule has 90 valence electrons. The normalized spacial score (nSPS) is 11.1. The second kappa shape index (κ2) is 3.87. The zero-order valence-electron chi connectivity index (χ0n) is 9.05. The van der Waals surface area contributed by atoms with Crippen molar-refractivity contribution in [2.75, 3.05) is 0 Å². The van der Waals surface area contributed by atoms with Crippen LogP contribution in [-0.4, -0.2) is 9.97 Å². The van der Waals surface area contributed by atoms with E-state index in [2.05, 4.69) is 9.97 Å². The van der Waals surface area contributed by atoms with E-state index < -0.39 is 17.5 Å². The van der Waals surface area contributed by atoms with Crippen molar-refractivity contribution in [1.82, 2.24) is 9.97 Å². The van der Waals surface area contributed by atoms with Crippen LogP contribution in [0.3, 0.4) is 0 Å². The highest BCUT2D eigenvalue weighted by Crippen LogP contribution is 2.22. The van der Waals surface area contributed by atoms with Gasteiger partial charge in [0, 0.05) is 17.7 Å². The Kier molecular flexibility index (Phi) is 2.33. The molecule has 0 bridgehead atoms. The molecule has 0 unspecified atom stereocenters. The summed E-state index contributed by atoms with van der Waals surface area (Å²) in [5.41, 5.74) is 1.19. The van der Waals surface area contributed by atoms with Crippen LogP contribution in [0.1, 0.15) is 0 Å². The van der Waals surface area contributed by atoms with Gasteiger partial charge in [0.25, 0.3) is 0 Å². The lowest BCUT2D eigenvalue weighted by molar-refractivity contribution is 0.510. The van der Waals surface area contributed by atoms with Gasteiger partial charge in [-0.05, 0) is 12.1 Å². The first-order chi connectivity index (χ1) is 8.63. The Labute approximate surface area is 100 Å². The number of aromatic nitrogens is 2. The van der Waals surface area contributed by atoms with Crippen molar-refractivity contribution < 1.29 is 13.2 Å². The number of benzene rings is 2. The lowest BCUT2D eigenvalue weighted by Crippen LogP contribution is -1.82. The minimum Gasteiger partial charge on any atom is -0.338 e. The van der Waals surface area contributed by atoms with Crippen molar-refractivity contribution in [3.63, 3.8) is 0 Å². The molecule has 0 saturated heterocycles. The van der Waals surface area contributed by atoms with E-state index in [1.807, 2.05) is 0 Å². The smallest absolute Gasteiger partial charge is 0.161 e. The summed E-state index contributed by atoms with van der Waals surface area (Å²) in [4.78, 5) is 6.92. The number of nitrogens with zero attached hydrogens (tertiary/aromatic N) is 1. The summed E-state index contributed by atoms with van der Waals surface area (Å²) >= 11 is 0. The average Bonchev–Trinajstić information content (AvgIpc) is 2.73. The Morgan fingerprint density at radius 1 is 0.944 bits per heavy atom. The number of rotatable bonds is 1. The van der Waals surface area contributed by atoms with Crippen LogP contribution in [0.2, 0.25) is 0 Å². The molecule has 0 amide bonds. The molecule has 0 aliphatic rings. The maximum Gasteiger partial charge on any atom is 0.161 e. The molecule has 1 aromatic heterocycles. The van der Waals surface area contributed by atoms with Crippen molar-refractivity contribution in [2.45, 2.75) is 0 Å². The number of H-pyrrole nitrogens is 1. The number of halogens is 3. The van der Waals surface area contributed by atoms with E-state index in [-0.39, 0.29) is 0 Å². The van der Waals surface area contributed by atoms with Crippen LogP contribution in [0.4, 0.5) is 13.2 Å². The fraction of sp³-hybridized carbons (Fsp3) is 0. The van der Waals surface area contributed by atoms with Crippen LogP contribution >= 0.6 is 0 Å². The zero-order valence-corrected chi connectivity index (χ0v) is 9.05. The number of aromatic amines is 1. The molecule has 0 saturated carbocycles. The van der Waals surface area contributed by atoms with Crippen LogP contribution in [0.15, 0.2) is 36.4 Å². The third-order valence-corrected chi connectivity index (χ3v) is 2.62. The van der Waals surface area contributed by atoms with Gasteiger partial charge in [0.05, 0.1) is 11.0 Å². The molecular formula is C13H7F3N2. The molecule has 0 aliphatic heterocycles. The van der Waals surface area contributed by atoms with E-state index in [0.717, 1.165) is 12.1 Å². The minimum atomic E-state index is -0.959. The third kappa shape index (κ3) is 1.73. The van der Waals surface area contributed by atoms with Gasteiger partial charge < -0.3 is 4.98 Å². The van der Waals surface area contributed by atoms with Gasteiger partial charge in [-0.2, -0.15) is 0 Å². The monoisotopic (exact) mass is 248 g/mol. The molecule has 1 N–H and O–H groups in total. The van der Waals surface area contributed by atoms with Crippen LogP contribution in [0.5, 0.6) is 0 Å². The first-order valence-electron chi connectivity index (χ1n) is 5.24. The van der Waals surface area contributed by atoms with E-state index in [0.29, 0.717) is 22.4 Å². The fourth-order valence-electron chi connectivity index (χ4n) is 1.78. The maximum absolute atomic E-state index is 13.1. The summed E-state index contributed by atoms with van der Waals surface area (Å²) in [6, 6.07) is 7.84. The summed E-state index contributed by atoms with van der Waals surface area (Å²) in [5.74, 6) is -1.93. The molecule has 0 atom stereocenters.